The number of amides is 5. The lowest BCUT2D eigenvalue weighted by Crippen LogP contribution is -2.64. The first-order valence-electron chi connectivity index (χ1n) is 21.7. The second-order valence-electron chi connectivity index (χ2n) is 16.9. The summed E-state index contributed by atoms with van der Waals surface area (Å²) in [4.78, 5) is 70.9. The van der Waals surface area contributed by atoms with Gasteiger partial charge in [0.15, 0.2) is 9.84 Å². The van der Waals surface area contributed by atoms with E-state index in [-0.39, 0.29) is 18.2 Å². The predicted molar refractivity (Wildman–Crippen MR) is 188 cm³/mol. The molecule has 5 atom stereocenters. The van der Waals surface area contributed by atoms with Crippen molar-refractivity contribution in [2.45, 2.75) is 161 Å². The van der Waals surface area contributed by atoms with E-state index in [1.807, 2.05) is 13.8 Å². The maximum Gasteiger partial charge on any atom is 0.315 e. The molecule has 0 bridgehead atoms. The molecule has 0 aromatic carbocycles. The molecule has 0 aromatic rings. The minimum Gasteiger partial charge on any atom is -0.347 e. The highest BCUT2D eigenvalue weighted by molar-refractivity contribution is 7.92. The average molecular weight is 717 g/mol. The number of Topliss-reactive ketones (excluding diaryl/α,β-unsaturated/α-hetero) is 1. The number of hydrogen-bond donors (Lipinski definition) is 4. The van der Waals surface area contributed by atoms with Crippen molar-refractivity contribution in [1.29, 1.82) is 0 Å². The zero-order valence-corrected chi connectivity index (χ0v) is 30.9. The van der Waals surface area contributed by atoms with Crippen LogP contribution in [-0.2, 0) is 29.0 Å². The van der Waals surface area contributed by atoms with Crippen LogP contribution in [0.3, 0.4) is 0 Å². The van der Waals surface area contributed by atoms with Gasteiger partial charge in [-0.1, -0.05) is 73.5 Å². The third-order valence-electron chi connectivity index (χ3n) is 10.7. The molecular weight excluding hydrogens is 646 g/mol. The van der Waals surface area contributed by atoms with E-state index in [0.717, 1.165) is 6.42 Å². The van der Waals surface area contributed by atoms with Crippen molar-refractivity contribution in [3.05, 3.63) is 0 Å². The van der Waals surface area contributed by atoms with Gasteiger partial charge in [-0.05, 0) is 75.5 Å². The van der Waals surface area contributed by atoms with Crippen molar-refractivity contribution in [3.8, 4) is 0 Å². The monoisotopic (exact) mass is 716 g/mol. The summed E-state index contributed by atoms with van der Waals surface area (Å²) in [6.45, 7) is 9.71. The molecule has 13 heteroatoms. The number of carbonyl (C=O) groups is 5. The number of nitrogens with zero attached hydrogens (tertiary/aromatic N) is 1. The lowest BCUT2D eigenvalue weighted by molar-refractivity contribution is -0.145. The molecule has 1 aliphatic heterocycles. The van der Waals surface area contributed by atoms with Crippen LogP contribution in [0.4, 0.5) is 4.79 Å². The molecule has 12 nitrogen and oxygen atoms in total. The maximum atomic E-state index is 14.6. The van der Waals surface area contributed by atoms with Gasteiger partial charge >= 0.3 is 6.03 Å². The molecule has 4 N–H and O–H groups in total. The largest absolute Gasteiger partial charge is 0.347 e. The van der Waals surface area contributed by atoms with Crippen molar-refractivity contribution < 1.29 is 44.7 Å². The molecule has 49 heavy (non-hydrogen) atoms. The Balaban J connectivity index is 1.68. The van der Waals surface area contributed by atoms with Gasteiger partial charge in [0.2, 0.25) is 17.6 Å². The maximum absolute atomic E-state index is 14.6. The second kappa shape index (κ2) is 14.1. The van der Waals surface area contributed by atoms with Gasteiger partial charge in [-0.3, -0.25) is 19.2 Å². The number of carbonyl (C=O) groups excluding carboxylic acids is 5. The summed E-state index contributed by atoms with van der Waals surface area (Å²) >= 11 is 0. The van der Waals surface area contributed by atoms with Gasteiger partial charge in [-0.15, -0.1) is 0 Å². The van der Waals surface area contributed by atoms with E-state index in [9.17, 15) is 32.4 Å². The fourth-order valence-electron chi connectivity index (χ4n) is 7.27. The minimum atomic E-state index is -4.00. The molecule has 0 radical (unpaired) electrons. The Hall–Kier alpha value is -2.70. The molecule has 4 aliphatic rings. The molecule has 5 amide bonds. The van der Waals surface area contributed by atoms with Crippen molar-refractivity contribution in [1.82, 2.24) is 26.2 Å². The van der Waals surface area contributed by atoms with E-state index >= 15 is 0 Å². The Morgan fingerprint density at radius 2 is 1.61 bits per heavy atom. The number of urea groups is 1. The van der Waals surface area contributed by atoms with E-state index in [0.29, 0.717) is 38.5 Å². The summed E-state index contributed by atoms with van der Waals surface area (Å²) in [5, 5.41) is 10.1. The van der Waals surface area contributed by atoms with Crippen LogP contribution < -0.4 is 21.3 Å². The number of piperidine rings is 1. The summed E-state index contributed by atoms with van der Waals surface area (Å²) < 4.78 is 99.0. The third kappa shape index (κ3) is 8.79. The number of rotatable bonds is 13. The summed E-state index contributed by atoms with van der Waals surface area (Å²) in [7, 11) is -3.69. The molecule has 278 valence electrons. The molecule has 4 fully saturated rings. The number of ketones is 1. The van der Waals surface area contributed by atoms with Crippen molar-refractivity contribution in [2.75, 3.05) is 12.3 Å². The Labute approximate surface area is 306 Å². The summed E-state index contributed by atoms with van der Waals surface area (Å²) in [5.41, 5.74) is -2.65. The lowest BCUT2D eigenvalue weighted by atomic mass is 9.83. The van der Waals surface area contributed by atoms with Crippen LogP contribution in [0.5, 0.6) is 0 Å². The van der Waals surface area contributed by atoms with E-state index < -0.39 is 117 Å². The van der Waals surface area contributed by atoms with Crippen LogP contribution in [-0.4, -0.2) is 89.6 Å². The summed E-state index contributed by atoms with van der Waals surface area (Å²) in [6, 6.07) is -6.71. The highest BCUT2D eigenvalue weighted by Crippen LogP contribution is 2.65. The SMILES string of the molecule is [2H]C([2H])([2H])C([2H])([2H])C([2H])([2H])C([2H])([2H])[C@H](NC(=O)[C@@H]1[C@@H]2[C@H](CN1C(=O)[C@@H](NC(=O)NC1(CS(=O)(=O)C(C)(C)C)CCCCC1)C(C)(C)C)C2(C)C)C(=O)C(=O)NC1CC1. The first kappa shape index (κ1) is 28.0. The number of hydrogen-bond acceptors (Lipinski definition) is 7. The highest BCUT2D eigenvalue weighted by Gasteiger charge is 2.70. The normalized spacial score (nSPS) is 29.6. The minimum absolute atomic E-state index is 0.00563. The van der Waals surface area contributed by atoms with Crippen LogP contribution in [0.1, 0.15) is 139 Å². The number of sulfone groups is 1. The first-order chi connectivity index (χ1) is 26.0. The van der Waals surface area contributed by atoms with Crippen LogP contribution >= 0.6 is 0 Å². The first-order valence-corrected chi connectivity index (χ1v) is 18.9. The highest BCUT2D eigenvalue weighted by atomic mass is 32.2. The van der Waals surface area contributed by atoms with Gasteiger partial charge in [-0.2, -0.15) is 0 Å². The van der Waals surface area contributed by atoms with E-state index in [4.69, 9.17) is 12.3 Å². The van der Waals surface area contributed by atoms with Gasteiger partial charge in [-0.25, -0.2) is 13.2 Å². The van der Waals surface area contributed by atoms with Gasteiger partial charge in [0.05, 0.1) is 22.1 Å². The van der Waals surface area contributed by atoms with Crippen LogP contribution in [0.15, 0.2) is 0 Å². The number of fused-ring (bicyclic) bond motifs is 1. The second-order valence-corrected chi connectivity index (χ2v) is 19.7. The zero-order chi connectivity index (χ0) is 44.6. The van der Waals surface area contributed by atoms with Gasteiger partial charge < -0.3 is 26.2 Å². The molecule has 4 rings (SSSR count). The number of nitrogens with one attached hydrogen (secondary N) is 4. The van der Waals surface area contributed by atoms with Crippen molar-refractivity contribution in [2.24, 2.45) is 22.7 Å². The quantitative estimate of drug-likeness (QED) is 0.211. The number of likely N-dealkylation sites (tertiary alicyclic amines) is 1. The third-order valence-corrected chi connectivity index (χ3v) is 13.5. The molecule has 0 aromatic heterocycles. The average Bonchev–Trinajstić information content (AvgIpc) is 3.91. The fourth-order valence-corrected chi connectivity index (χ4v) is 8.79. The fraction of sp³-hybridized carbons (Fsp3) is 0.861. The molecule has 3 saturated carbocycles. The van der Waals surface area contributed by atoms with Crippen molar-refractivity contribution in [3.63, 3.8) is 0 Å². The standard InChI is InChI=1S/C36H61N5O7S/c1-10-11-15-24(27(42)30(44)37-22-16-17-22)38-29(43)26-25-23(35(25,8)9)20-41(26)31(45)28(33(2,3)4)39-32(46)40-36(18-13-12-14-19-36)21-49(47,48)34(5,6)7/h22-26,28H,10-21H2,1-9H3,(H,37,44)(H,38,43)(H2,39,40,46)/t23-,24-,25-,26-,28+/m0/s1/i1D3,10D2,11D2,15D2. The zero-order valence-electron chi connectivity index (χ0n) is 39.0. The Morgan fingerprint density at radius 3 is 2.16 bits per heavy atom. The van der Waals surface area contributed by atoms with Crippen LogP contribution in [0, 0.1) is 22.7 Å². The van der Waals surface area contributed by atoms with Crippen LogP contribution in [0.2, 0.25) is 0 Å². The predicted octanol–water partition coefficient (Wildman–Crippen LogP) is 3.62. The van der Waals surface area contributed by atoms with Gasteiger partial charge in [0.1, 0.15) is 12.1 Å². The molecule has 1 saturated heterocycles. The Morgan fingerprint density at radius 1 is 0.980 bits per heavy atom. The topological polar surface area (TPSA) is 171 Å². The summed E-state index contributed by atoms with van der Waals surface area (Å²) in [6.07, 6.45) is -7.75. The van der Waals surface area contributed by atoms with Gasteiger partial charge in [0, 0.05) is 24.9 Å². The smallest absolute Gasteiger partial charge is 0.315 e. The Kier molecular flexibility index (Phi) is 8.06. The molecular formula is C36H61N5O7S. The molecule has 3 aliphatic carbocycles. The van der Waals surface area contributed by atoms with E-state index in [2.05, 4.69) is 21.3 Å². The van der Waals surface area contributed by atoms with Crippen molar-refractivity contribution >= 4 is 39.4 Å². The van der Waals surface area contributed by atoms with Crippen LogP contribution in [0.25, 0.3) is 0 Å². The van der Waals surface area contributed by atoms with Gasteiger partial charge in [0.25, 0.3) is 5.91 Å². The van der Waals surface area contributed by atoms with E-state index in [1.165, 1.54) is 4.90 Å². The van der Waals surface area contributed by atoms with E-state index in [1.54, 1.807) is 41.5 Å². The Bertz CT molecular complexity index is 1770. The lowest BCUT2D eigenvalue weighted by Gasteiger charge is -2.41. The molecule has 0 spiro atoms. The molecule has 0 unspecified atom stereocenters. The molecule has 1 heterocycles. The summed E-state index contributed by atoms with van der Waals surface area (Å²) in [5.74, 6) is -6.12.